The van der Waals surface area contributed by atoms with Crippen LogP contribution in [0.25, 0.3) is 0 Å². The summed E-state index contributed by atoms with van der Waals surface area (Å²) in [5, 5.41) is 3.27. The zero-order valence-electron chi connectivity index (χ0n) is 10.3. The molecule has 16 heavy (non-hydrogen) atoms. The lowest BCUT2D eigenvalue weighted by molar-refractivity contribution is 0.142. The molecule has 1 fully saturated rings. The van der Waals surface area contributed by atoms with E-state index in [-0.39, 0.29) is 0 Å². The molecule has 0 aromatic carbocycles. The summed E-state index contributed by atoms with van der Waals surface area (Å²) in [6.07, 6.45) is 4.09. The van der Waals surface area contributed by atoms with E-state index < -0.39 is 0 Å². The van der Waals surface area contributed by atoms with Gasteiger partial charge in [-0.05, 0) is 38.6 Å². The van der Waals surface area contributed by atoms with E-state index in [1.807, 2.05) is 0 Å². The Hall–Kier alpha value is -0.800. The van der Waals surface area contributed by atoms with E-state index in [9.17, 15) is 0 Å². The minimum absolute atomic E-state index is 0.780. The Bertz CT molecular complexity index is 317. The molecule has 90 valence electrons. The lowest BCUT2D eigenvalue weighted by atomic mass is 9.92. The summed E-state index contributed by atoms with van der Waals surface area (Å²) in [6, 6.07) is 4.95. The van der Waals surface area contributed by atoms with Gasteiger partial charge in [-0.15, -0.1) is 0 Å². The van der Waals surface area contributed by atoms with Gasteiger partial charge in [0, 0.05) is 6.04 Å². The highest BCUT2D eigenvalue weighted by atomic mass is 16.3. The summed E-state index contributed by atoms with van der Waals surface area (Å²) in [7, 11) is 2.19. The van der Waals surface area contributed by atoms with Crippen LogP contribution in [0.2, 0.25) is 0 Å². The summed E-state index contributed by atoms with van der Waals surface area (Å²) in [6.45, 7) is 4.87. The van der Waals surface area contributed by atoms with Gasteiger partial charge in [-0.25, -0.2) is 0 Å². The highest BCUT2D eigenvalue weighted by molar-refractivity contribution is 5.07. The van der Waals surface area contributed by atoms with E-state index in [1.54, 1.807) is 0 Å². The summed E-state index contributed by atoms with van der Waals surface area (Å²) in [5.41, 5.74) is 0. The molecule has 0 saturated heterocycles. The van der Waals surface area contributed by atoms with Gasteiger partial charge in [0.1, 0.15) is 11.5 Å². The monoisotopic (exact) mass is 222 g/mol. The van der Waals surface area contributed by atoms with Crippen LogP contribution in [0, 0.1) is 0 Å². The Morgan fingerprint density at radius 2 is 2.12 bits per heavy atom. The first kappa shape index (κ1) is 11.7. The number of nitrogens with one attached hydrogen (secondary N) is 1. The molecule has 1 aliphatic rings. The zero-order valence-corrected chi connectivity index (χ0v) is 10.3. The van der Waals surface area contributed by atoms with Gasteiger partial charge in [-0.1, -0.05) is 13.3 Å². The van der Waals surface area contributed by atoms with Crippen LogP contribution in [0.1, 0.15) is 37.7 Å². The fraction of sp³-hybridized carbons (Fsp3) is 0.692. The van der Waals surface area contributed by atoms with Crippen molar-refractivity contribution in [1.82, 2.24) is 10.2 Å². The van der Waals surface area contributed by atoms with Crippen LogP contribution in [0.15, 0.2) is 16.5 Å². The molecule has 1 aromatic heterocycles. The summed E-state index contributed by atoms with van der Waals surface area (Å²) in [5.74, 6) is 2.13. The van der Waals surface area contributed by atoms with E-state index >= 15 is 0 Å². The van der Waals surface area contributed by atoms with Gasteiger partial charge < -0.3 is 9.73 Å². The molecule has 1 saturated carbocycles. The Labute approximate surface area is 97.8 Å². The molecule has 1 heterocycles. The smallest absolute Gasteiger partial charge is 0.118 e. The number of hydrogen-bond donors (Lipinski definition) is 1. The van der Waals surface area contributed by atoms with Gasteiger partial charge in [0.25, 0.3) is 0 Å². The lowest BCUT2D eigenvalue weighted by Gasteiger charge is -2.34. The fourth-order valence-corrected chi connectivity index (χ4v) is 2.05. The maximum atomic E-state index is 5.77. The summed E-state index contributed by atoms with van der Waals surface area (Å²) >= 11 is 0. The standard InChI is InChI=1S/C13H22N2O/c1-3-14-9-12-7-8-13(16-12)10-15(2)11-5-4-6-11/h7-8,11,14H,3-6,9-10H2,1-2H3. The molecule has 0 bridgehead atoms. The van der Waals surface area contributed by atoms with Gasteiger partial charge in [0.05, 0.1) is 13.1 Å². The highest BCUT2D eigenvalue weighted by Gasteiger charge is 2.22. The summed E-state index contributed by atoms with van der Waals surface area (Å²) < 4.78 is 5.77. The molecule has 3 heteroatoms. The van der Waals surface area contributed by atoms with Crippen molar-refractivity contribution in [1.29, 1.82) is 0 Å². The normalized spacial score (nSPS) is 16.7. The van der Waals surface area contributed by atoms with Gasteiger partial charge in [-0.2, -0.15) is 0 Å². The van der Waals surface area contributed by atoms with Crippen LogP contribution in [-0.4, -0.2) is 24.5 Å². The maximum Gasteiger partial charge on any atom is 0.118 e. The third-order valence-electron chi connectivity index (χ3n) is 3.37. The molecule has 1 aliphatic carbocycles. The van der Waals surface area contributed by atoms with Crippen molar-refractivity contribution in [3.8, 4) is 0 Å². The number of rotatable bonds is 6. The minimum Gasteiger partial charge on any atom is -0.463 e. The second-order valence-corrected chi connectivity index (χ2v) is 4.65. The van der Waals surface area contributed by atoms with Gasteiger partial charge in [-0.3, -0.25) is 4.90 Å². The van der Waals surface area contributed by atoms with Gasteiger partial charge >= 0.3 is 0 Å². The largest absolute Gasteiger partial charge is 0.463 e. The molecule has 2 rings (SSSR count). The van der Waals surface area contributed by atoms with E-state index in [4.69, 9.17) is 4.42 Å². The van der Waals surface area contributed by atoms with Crippen molar-refractivity contribution < 1.29 is 4.42 Å². The first-order valence-electron chi connectivity index (χ1n) is 6.28. The Balaban J connectivity index is 1.81. The van der Waals surface area contributed by atoms with Crippen molar-refractivity contribution in [2.45, 2.75) is 45.3 Å². The second kappa shape index (κ2) is 5.51. The van der Waals surface area contributed by atoms with Crippen LogP contribution < -0.4 is 5.32 Å². The molecule has 0 amide bonds. The first-order chi connectivity index (χ1) is 7.79. The topological polar surface area (TPSA) is 28.4 Å². The molecule has 1 aromatic rings. The molecular weight excluding hydrogens is 200 g/mol. The number of hydrogen-bond acceptors (Lipinski definition) is 3. The quantitative estimate of drug-likeness (QED) is 0.801. The minimum atomic E-state index is 0.780. The van der Waals surface area contributed by atoms with Crippen LogP contribution in [0.5, 0.6) is 0 Å². The Morgan fingerprint density at radius 3 is 2.75 bits per heavy atom. The van der Waals surface area contributed by atoms with Crippen LogP contribution >= 0.6 is 0 Å². The van der Waals surface area contributed by atoms with E-state index in [2.05, 4.69) is 36.3 Å². The Morgan fingerprint density at radius 1 is 1.38 bits per heavy atom. The molecule has 0 radical (unpaired) electrons. The predicted octanol–water partition coefficient (Wildman–Crippen LogP) is 2.37. The molecular formula is C13H22N2O. The first-order valence-corrected chi connectivity index (χ1v) is 6.28. The number of furan rings is 1. The summed E-state index contributed by atoms with van der Waals surface area (Å²) in [4.78, 5) is 2.40. The van der Waals surface area contributed by atoms with E-state index in [0.717, 1.165) is 37.2 Å². The van der Waals surface area contributed by atoms with Crippen molar-refractivity contribution in [2.75, 3.05) is 13.6 Å². The molecule has 1 N–H and O–H groups in total. The van der Waals surface area contributed by atoms with Crippen LogP contribution in [0.4, 0.5) is 0 Å². The van der Waals surface area contributed by atoms with Crippen LogP contribution in [0.3, 0.4) is 0 Å². The third kappa shape index (κ3) is 2.86. The predicted molar refractivity (Wildman–Crippen MR) is 65.2 cm³/mol. The van der Waals surface area contributed by atoms with Crippen molar-refractivity contribution >= 4 is 0 Å². The molecule has 0 aliphatic heterocycles. The SMILES string of the molecule is CCNCc1ccc(CN(C)C2CCC2)o1. The number of nitrogens with zero attached hydrogens (tertiary/aromatic N) is 1. The van der Waals surface area contributed by atoms with E-state index in [1.165, 1.54) is 19.3 Å². The Kier molecular flexibility index (Phi) is 4.02. The fourth-order valence-electron chi connectivity index (χ4n) is 2.05. The van der Waals surface area contributed by atoms with Crippen LogP contribution in [-0.2, 0) is 13.1 Å². The third-order valence-corrected chi connectivity index (χ3v) is 3.37. The molecule has 0 spiro atoms. The van der Waals surface area contributed by atoms with Crippen molar-refractivity contribution in [3.05, 3.63) is 23.7 Å². The van der Waals surface area contributed by atoms with Crippen molar-refractivity contribution in [2.24, 2.45) is 0 Å². The average molecular weight is 222 g/mol. The van der Waals surface area contributed by atoms with Gasteiger partial charge in [0.15, 0.2) is 0 Å². The highest BCUT2D eigenvalue weighted by Crippen LogP contribution is 2.25. The zero-order chi connectivity index (χ0) is 11.4. The maximum absolute atomic E-state index is 5.77. The van der Waals surface area contributed by atoms with Crippen molar-refractivity contribution in [3.63, 3.8) is 0 Å². The molecule has 0 atom stereocenters. The second-order valence-electron chi connectivity index (χ2n) is 4.65. The van der Waals surface area contributed by atoms with Gasteiger partial charge in [0.2, 0.25) is 0 Å². The molecule has 3 nitrogen and oxygen atoms in total. The average Bonchev–Trinajstić information content (AvgIpc) is 2.59. The molecule has 0 unspecified atom stereocenters. The van der Waals surface area contributed by atoms with E-state index in [0.29, 0.717) is 0 Å². The lowest BCUT2D eigenvalue weighted by Crippen LogP contribution is -2.36.